The largest absolute Gasteiger partial charge is 0.385 e. The highest BCUT2D eigenvalue weighted by atomic mass is 35.5. The van der Waals surface area contributed by atoms with E-state index in [4.69, 9.17) is 21.4 Å². The summed E-state index contributed by atoms with van der Waals surface area (Å²) >= 11 is 6.19. The molecule has 0 unspecified atom stereocenters. The molecule has 8 heteroatoms. The molecule has 7 nitrogen and oxygen atoms in total. The molecule has 1 aromatic heterocycles. The molecular formula is C23H34ClN5O2. The summed E-state index contributed by atoms with van der Waals surface area (Å²) in [6.07, 6.45) is 0.765. The Balaban J connectivity index is 1.99. The van der Waals surface area contributed by atoms with Crippen molar-refractivity contribution in [2.45, 2.75) is 32.2 Å². The van der Waals surface area contributed by atoms with Gasteiger partial charge in [0.15, 0.2) is 0 Å². The van der Waals surface area contributed by atoms with Gasteiger partial charge >= 0.3 is 0 Å². The molecule has 3 rings (SSSR count). The Labute approximate surface area is 190 Å². The van der Waals surface area contributed by atoms with E-state index in [9.17, 15) is 4.79 Å². The quantitative estimate of drug-likeness (QED) is 0.437. The Morgan fingerprint density at radius 2 is 1.90 bits per heavy atom. The number of para-hydroxylation sites is 1. The van der Waals surface area contributed by atoms with E-state index in [0.29, 0.717) is 19.7 Å². The maximum Gasteiger partial charge on any atom is 0.240 e. The molecule has 2 heterocycles. The second-order valence-corrected chi connectivity index (χ2v) is 8.80. The van der Waals surface area contributed by atoms with Crippen molar-refractivity contribution in [1.82, 2.24) is 19.6 Å². The predicted octanol–water partition coefficient (Wildman–Crippen LogP) is 2.92. The number of amides is 1. The number of aryl methyl sites for hydroxylation is 1. The Morgan fingerprint density at radius 3 is 2.52 bits per heavy atom. The van der Waals surface area contributed by atoms with Gasteiger partial charge in [0.1, 0.15) is 11.2 Å². The zero-order valence-electron chi connectivity index (χ0n) is 19.1. The van der Waals surface area contributed by atoms with Crippen LogP contribution in [0.2, 0.25) is 0 Å². The van der Waals surface area contributed by atoms with Crippen molar-refractivity contribution in [1.29, 1.82) is 0 Å². The fourth-order valence-electron chi connectivity index (χ4n) is 3.93. The van der Waals surface area contributed by atoms with Gasteiger partial charge in [-0.25, -0.2) is 4.68 Å². The zero-order valence-corrected chi connectivity index (χ0v) is 19.8. The van der Waals surface area contributed by atoms with Crippen LogP contribution < -0.4 is 4.90 Å². The third-order valence-corrected chi connectivity index (χ3v) is 5.92. The van der Waals surface area contributed by atoms with Crippen LogP contribution in [0.15, 0.2) is 30.3 Å². The van der Waals surface area contributed by atoms with Crippen LogP contribution in [0, 0.1) is 6.92 Å². The van der Waals surface area contributed by atoms with Gasteiger partial charge in [0.25, 0.3) is 0 Å². The number of aromatic nitrogens is 2. The number of nitrogens with zero attached hydrogens (tertiary/aromatic N) is 5. The molecule has 2 aromatic rings. The highest BCUT2D eigenvalue weighted by molar-refractivity contribution is 6.30. The number of likely N-dealkylation sites (N-methyl/N-ethyl adjacent to an activating group) is 1. The van der Waals surface area contributed by atoms with Gasteiger partial charge < -0.3 is 19.4 Å². The van der Waals surface area contributed by atoms with E-state index in [2.05, 4.69) is 29.0 Å². The van der Waals surface area contributed by atoms with Gasteiger partial charge in [-0.15, -0.1) is 11.6 Å². The predicted molar refractivity (Wildman–Crippen MR) is 125 cm³/mol. The minimum Gasteiger partial charge on any atom is -0.385 e. The summed E-state index contributed by atoms with van der Waals surface area (Å²) in [6, 6.07) is 10.2. The van der Waals surface area contributed by atoms with E-state index < -0.39 is 5.38 Å². The SMILES string of the molecule is COCCCN(Cc1c(C)nn(-c2ccccc2)c1N1CCN(C)CC1)C(=O)[C@H](C)Cl. The molecular weight excluding hydrogens is 414 g/mol. The number of hydrogen-bond acceptors (Lipinski definition) is 5. The van der Waals surface area contributed by atoms with E-state index in [0.717, 1.165) is 55.4 Å². The van der Waals surface area contributed by atoms with Gasteiger partial charge in [0.2, 0.25) is 5.91 Å². The molecule has 1 atom stereocenters. The van der Waals surface area contributed by atoms with Crippen LogP contribution in [0.1, 0.15) is 24.6 Å². The Kier molecular flexibility index (Phi) is 8.35. The molecule has 31 heavy (non-hydrogen) atoms. The summed E-state index contributed by atoms with van der Waals surface area (Å²) < 4.78 is 7.22. The third-order valence-electron chi connectivity index (χ3n) is 5.74. The Morgan fingerprint density at radius 1 is 1.23 bits per heavy atom. The van der Waals surface area contributed by atoms with Crippen LogP contribution in [0.25, 0.3) is 5.69 Å². The van der Waals surface area contributed by atoms with Crippen LogP contribution in [-0.4, -0.2) is 84.4 Å². The highest BCUT2D eigenvalue weighted by Gasteiger charge is 2.28. The van der Waals surface area contributed by atoms with Crippen molar-refractivity contribution < 1.29 is 9.53 Å². The van der Waals surface area contributed by atoms with Crippen molar-refractivity contribution >= 4 is 23.3 Å². The van der Waals surface area contributed by atoms with Crippen molar-refractivity contribution in [2.24, 2.45) is 0 Å². The minimum absolute atomic E-state index is 0.0611. The number of piperazine rings is 1. The van der Waals surface area contributed by atoms with Crippen molar-refractivity contribution in [2.75, 3.05) is 58.4 Å². The topological polar surface area (TPSA) is 53.8 Å². The van der Waals surface area contributed by atoms with Gasteiger partial charge in [-0.3, -0.25) is 4.79 Å². The van der Waals surface area contributed by atoms with E-state index >= 15 is 0 Å². The van der Waals surface area contributed by atoms with Crippen molar-refractivity contribution in [3.05, 3.63) is 41.6 Å². The number of halogens is 1. The lowest BCUT2D eigenvalue weighted by Crippen LogP contribution is -2.46. The molecule has 1 amide bonds. The van der Waals surface area contributed by atoms with Crippen LogP contribution in [0.5, 0.6) is 0 Å². The molecule has 0 N–H and O–H groups in total. The summed E-state index contributed by atoms with van der Waals surface area (Å²) in [5.41, 5.74) is 3.04. The first-order valence-electron chi connectivity index (χ1n) is 10.9. The Bertz CT molecular complexity index is 847. The zero-order chi connectivity index (χ0) is 22.4. The summed E-state index contributed by atoms with van der Waals surface area (Å²) in [5, 5.41) is 4.32. The molecule has 0 radical (unpaired) electrons. The second kappa shape index (κ2) is 11.0. The van der Waals surface area contributed by atoms with Crippen LogP contribution >= 0.6 is 11.6 Å². The number of carbonyl (C=O) groups excluding carboxylic acids is 1. The number of anilines is 1. The molecule has 0 spiro atoms. The first-order valence-corrected chi connectivity index (χ1v) is 11.3. The monoisotopic (exact) mass is 447 g/mol. The van der Waals surface area contributed by atoms with E-state index in [1.165, 1.54) is 0 Å². The number of benzene rings is 1. The van der Waals surface area contributed by atoms with Crippen LogP contribution in [0.3, 0.4) is 0 Å². The smallest absolute Gasteiger partial charge is 0.240 e. The summed E-state index contributed by atoms with van der Waals surface area (Å²) in [7, 11) is 3.83. The number of ether oxygens (including phenoxy) is 1. The van der Waals surface area contributed by atoms with Gasteiger partial charge in [0, 0.05) is 52.0 Å². The van der Waals surface area contributed by atoms with Crippen LogP contribution in [-0.2, 0) is 16.1 Å². The Hall–Kier alpha value is -2.09. The molecule has 1 saturated heterocycles. The summed E-state index contributed by atoms with van der Waals surface area (Å²) in [4.78, 5) is 19.4. The minimum atomic E-state index is -0.570. The molecule has 1 aromatic carbocycles. The lowest BCUT2D eigenvalue weighted by Gasteiger charge is -2.35. The van der Waals surface area contributed by atoms with E-state index in [-0.39, 0.29) is 5.91 Å². The normalized spacial score (nSPS) is 15.8. The lowest BCUT2D eigenvalue weighted by molar-refractivity contribution is -0.131. The molecule has 0 saturated carbocycles. The first-order chi connectivity index (χ1) is 14.9. The summed E-state index contributed by atoms with van der Waals surface area (Å²) in [6.45, 7) is 9.28. The lowest BCUT2D eigenvalue weighted by atomic mass is 10.1. The van der Waals surface area contributed by atoms with Crippen LogP contribution in [0.4, 0.5) is 5.82 Å². The number of methoxy groups -OCH3 is 1. The van der Waals surface area contributed by atoms with Crippen molar-refractivity contribution in [3.63, 3.8) is 0 Å². The van der Waals surface area contributed by atoms with Gasteiger partial charge in [-0.2, -0.15) is 5.10 Å². The number of rotatable bonds is 9. The maximum atomic E-state index is 12.9. The maximum absolute atomic E-state index is 12.9. The molecule has 1 fully saturated rings. The molecule has 1 aliphatic heterocycles. The fourth-order valence-corrected chi connectivity index (χ4v) is 4.07. The standard InChI is InChI=1S/C23H34ClN5O2/c1-18(24)23(30)28(11-8-16-31-4)17-21-19(2)25-29(20-9-6-5-7-10-20)22(21)27-14-12-26(3)13-15-27/h5-7,9-10,18H,8,11-17H2,1-4H3/t18-/m0/s1. The van der Waals surface area contributed by atoms with E-state index in [1.54, 1.807) is 14.0 Å². The third kappa shape index (κ3) is 5.79. The summed E-state index contributed by atoms with van der Waals surface area (Å²) in [5.74, 6) is 1.01. The van der Waals surface area contributed by atoms with Gasteiger partial charge in [-0.05, 0) is 39.4 Å². The second-order valence-electron chi connectivity index (χ2n) is 8.15. The number of alkyl halides is 1. The average Bonchev–Trinajstić information content (AvgIpc) is 3.09. The molecule has 0 bridgehead atoms. The molecule has 170 valence electrons. The van der Waals surface area contributed by atoms with Crippen molar-refractivity contribution in [3.8, 4) is 5.69 Å². The fraction of sp³-hybridized carbons (Fsp3) is 0.565. The highest BCUT2D eigenvalue weighted by Crippen LogP contribution is 2.30. The van der Waals surface area contributed by atoms with Gasteiger partial charge in [-0.1, -0.05) is 18.2 Å². The number of carbonyl (C=O) groups is 1. The van der Waals surface area contributed by atoms with Gasteiger partial charge in [0.05, 0.1) is 17.9 Å². The average molecular weight is 448 g/mol. The number of hydrogen-bond donors (Lipinski definition) is 0. The van der Waals surface area contributed by atoms with E-state index in [1.807, 2.05) is 34.7 Å². The molecule has 1 aliphatic rings. The molecule has 0 aliphatic carbocycles. The first kappa shape index (κ1) is 23.6.